The molecule has 4 heteroatoms. The van der Waals surface area contributed by atoms with E-state index < -0.39 is 0 Å². The molecule has 1 aromatic heterocycles. The molecule has 2 aromatic rings. The third-order valence-corrected chi connectivity index (χ3v) is 2.63. The molecule has 0 spiro atoms. The van der Waals surface area contributed by atoms with Gasteiger partial charge in [-0.2, -0.15) is 0 Å². The van der Waals surface area contributed by atoms with Crippen LogP contribution in [0.5, 0.6) is 0 Å². The first-order valence-corrected chi connectivity index (χ1v) is 5.26. The molecule has 0 aliphatic carbocycles. The smallest absolute Gasteiger partial charge is 0.262 e. The molecule has 4 nitrogen and oxygen atoms in total. The zero-order chi connectivity index (χ0) is 12.4. The van der Waals surface area contributed by atoms with Crippen LogP contribution in [0.1, 0.15) is 11.3 Å². The van der Waals surface area contributed by atoms with Crippen LogP contribution in [0.4, 0.5) is 5.69 Å². The predicted molar refractivity (Wildman–Crippen MR) is 65.8 cm³/mol. The molecule has 0 saturated carbocycles. The van der Waals surface area contributed by atoms with Crippen molar-refractivity contribution in [2.45, 2.75) is 13.8 Å². The second kappa shape index (κ2) is 4.33. The highest BCUT2D eigenvalue weighted by Gasteiger charge is 2.09. The van der Waals surface area contributed by atoms with Gasteiger partial charge in [-0.05, 0) is 48.7 Å². The Morgan fingerprint density at radius 2 is 1.94 bits per heavy atom. The Morgan fingerprint density at radius 3 is 2.53 bits per heavy atom. The van der Waals surface area contributed by atoms with Crippen molar-refractivity contribution in [3.05, 3.63) is 57.9 Å². The zero-order valence-electron chi connectivity index (χ0n) is 9.68. The third kappa shape index (κ3) is 2.30. The van der Waals surface area contributed by atoms with Crippen LogP contribution in [0.25, 0.3) is 11.1 Å². The molecule has 1 aromatic carbocycles. The molecule has 0 aliphatic heterocycles. The molecular formula is C13H12N2O2. The molecule has 86 valence electrons. The largest absolute Gasteiger partial charge is 0.269 e. The lowest BCUT2D eigenvalue weighted by atomic mass is 10.0. The first kappa shape index (κ1) is 11.3. The summed E-state index contributed by atoms with van der Waals surface area (Å²) in [5.74, 6) is 0. The third-order valence-electron chi connectivity index (χ3n) is 2.63. The van der Waals surface area contributed by atoms with Crippen LogP contribution in [0.2, 0.25) is 0 Å². The van der Waals surface area contributed by atoms with Crippen LogP contribution in [-0.4, -0.2) is 9.91 Å². The van der Waals surface area contributed by atoms with Crippen LogP contribution in [0.15, 0.2) is 36.5 Å². The molecule has 0 aliphatic rings. The Hall–Kier alpha value is -2.23. The summed E-state index contributed by atoms with van der Waals surface area (Å²) in [6.07, 6.45) is 1.74. The van der Waals surface area contributed by atoms with Gasteiger partial charge in [0.05, 0.1) is 4.92 Å². The van der Waals surface area contributed by atoms with E-state index in [1.54, 1.807) is 18.3 Å². The number of hydrogen-bond acceptors (Lipinski definition) is 3. The summed E-state index contributed by atoms with van der Waals surface area (Å²) in [6, 6.07) is 8.76. The number of aryl methyl sites for hydroxylation is 2. The molecular weight excluding hydrogens is 216 g/mol. The fraction of sp³-hybridized carbons (Fsp3) is 0.154. The lowest BCUT2D eigenvalue weighted by Crippen LogP contribution is -1.91. The number of nitro groups is 1. The first-order chi connectivity index (χ1) is 8.08. The monoisotopic (exact) mass is 228 g/mol. The van der Waals surface area contributed by atoms with E-state index in [4.69, 9.17) is 0 Å². The van der Waals surface area contributed by atoms with E-state index in [-0.39, 0.29) is 10.6 Å². The number of non-ortho nitro benzene ring substituents is 1. The maximum atomic E-state index is 10.7. The van der Waals surface area contributed by atoms with Crippen LogP contribution in [0.3, 0.4) is 0 Å². The molecule has 1 heterocycles. The Bertz CT molecular complexity index is 579. The number of hydrogen-bond donors (Lipinski definition) is 0. The van der Waals surface area contributed by atoms with Gasteiger partial charge in [0, 0.05) is 24.0 Å². The van der Waals surface area contributed by atoms with Crippen LogP contribution < -0.4 is 0 Å². The fourth-order valence-electron chi connectivity index (χ4n) is 1.80. The normalized spacial score (nSPS) is 10.2. The van der Waals surface area contributed by atoms with E-state index in [1.165, 1.54) is 6.07 Å². The number of aromatic nitrogens is 1. The van der Waals surface area contributed by atoms with E-state index in [0.29, 0.717) is 0 Å². The molecule has 0 radical (unpaired) electrons. The summed E-state index contributed by atoms with van der Waals surface area (Å²) in [5, 5.41) is 10.7. The summed E-state index contributed by atoms with van der Waals surface area (Å²) in [6.45, 7) is 3.79. The minimum Gasteiger partial charge on any atom is -0.262 e. The van der Waals surface area contributed by atoms with Gasteiger partial charge in [-0.15, -0.1) is 0 Å². The number of nitrogens with zero attached hydrogens (tertiary/aromatic N) is 2. The molecule has 0 saturated heterocycles. The topological polar surface area (TPSA) is 56.0 Å². The van der Waals surface area contributed by atoms with Crippen LogP contribution in [-0.2, 0) is 0 Å². The Kier molecular flexibility index (Phi) is 2.87. The van der Waals surface area contributed by atoms with Gasteiger partial charge in [-0.3, -0.25) is 15.1 Å². The molecule has 0 atom stereocenters. The summed E-state index contributed by atoms with van der Waals surface area (Å²) in [4.78, 5) is 14.4. The molecule has 0 amide bonds. The first-order valence-electron chi connectivity index (χ1n) is 5.26. The van der Waals surface area contributed by atoms with E-state index in [0.717, 1.165) is 22.4 Å². The van der Waals surface area contributed by atoms with Gasteiger partial charge in [0.25, 0.3) is 5.69 Å². The summed E-state index contributed by atoms with van der Waals surface area (Å²) < 4.78 is 0. The van der Waals surface area contributed by atoms with Crippen molar-refractivity contribution in [1.29, 1.82) is 0 Å². The fourth-order valence-corrected chi connectivity index (χ4v) is 1.80. The van der Waals surface area contributed by atoms with Crippen molar-refractivity contribution in [3.63, 3.8) is 0 Å². The molecule has 0 bridgehead atoms. The van der Waals surface area contributed by atoms with Crippen LogP contribution >= 0.6 is 0 Å². The summed E-state index contributed by atoms with van der Waals surface area (Å²) in [7, 11) is 0. The number of rotatable bonds is 2. The van der Waals surface area contributed by atoms with Crippen molar-refractivity contribution >= 4 is 5.69 Å². The summed E-state index contributed by atoms with van der Waals surface area (Å²) in [5.41, 5.74) is 3.98. The van der Waals surface area contributed by atoms with Gasteiger partial charge in [0.1, 0.15) is 0 Å². The average Bonchev–Trinajstić information content (AvgIpc) is 2.28. The second-order valence-electron chi connectivity index (χ2n) is 3.94. The lowest BCUT2D eigenvalue weighted by molar-refractivity contribution is -0.384. The SMILES string of the molecule is Cc1cc(-c2ccc([N+](=O)[O-])cc2C)ccn1. The maximum absolute atomic E-state index is 10.7. The number of nitro benzene ring substituents is 1. The minimum atomic E-state index is -0.380. The summed E-state index contributed by atoms with van der Waals surface area (Å²) >= 11 is 0. The van der Waals surface area contributed by atoms with Crippen molar-refractivity contribution in [2.24, 2.45) is 0 Å². The van der Waals surface area contributed by atoms with E-state index in [2.05, 4.69) is 4.98 Å². The Balaban J connectivity index is 2.50. The highest BCUT2D eigenvalue weighted by molar-refractivity contribution is 5.68. The van der Waals surface area contributed by atoms with Gasteiger partial charge in [0.15, 0.2) is 0 Å². The zero-order valence-corrected chi connectivity index (χ0v) is 9.68. The van der Waals surface area contributed by atoms with Gasteiger partial charge in [-0.1, -0.05) is 0 Å². The van der Waals surface area contributed by atoms with Crippen molar-refractivity contribution < 1.29 is 4.92 Å². The van der Waals surface area contributed by atoms with Crippen molar-refractivity contribution in [2.75, 3.05) is 0 Å². The quantitative estimate of drug-likeness (QED) is 0.585. The van der Waals surface area contributed by atoms with E-state index in [1.807, 2.05) is 26.0 Å². The number of benzene rings is 1. The van der Waals surface area contributed by atoms with Gasteiger partial charge in [0.2, 0.25) is 0 Å². The van der Waals surface area contributed by atoms with Crippen LogP contribution in [0, 0.1) is 24.0 Å². The minimum absolute atomic E-state index is 0.122. The lowest BCUT2D eigenvalue weighted by Gasteiger charge is -2.06. The molecule has 0 N–H and O–H groups in total. The number of pyridine rings is 1. The van der Waals surface area contributed by atoms with Gasteiger partial charge >= 0.3 is 0 Å². The van der Waals surface area contributed by atoms with Gasteiger partial charge in [-0.25, -0.2) is 0 Å². The van der Waals surface area contributed by atoms with E-state index in [9.17, 15) is 10.1 Å². The molecule has 2 rings (SSSR count). The molecule has 0 unspecified atom stereocenters. The second-order valence-corrected chi connectivity index (χ2v) is 3.94. The Labute approximate surface area is 99.1 Å². The molecule has 0 fully saturated rings. The highest BCUT2D eigenvalue weighted by atomic mass is 16.6. The average molecular weight is 228 g/mol. The van der Waals surface area contributed by atoms with Gasteiger partial charge < -0.3 is 0 Å². The predicted octanol–water partition coefficient (Wildman–Crippen LogP) is 3.27. The van der Waals surface area contributed by atoms with Crippen molar-refractivity contribution in [3.8, 4) is 11.1 Å². The standard InChI is InChI=1S/C13H12N2O2/c1-9-7-12(15(16)17)3-4-13(9)11-5-6-14-10(2)8-11/h3-8H,1-2H3. The van der Waals surface area contributed by atoms with E-state index >= 15 is 0 Å². The molecule has 17 heavy (non-hydrogen) atoms. The maximum Gasteiger partial charge on any atom is 0.269 e. The Morgan fingerprint density at radius 1 is 1.18 bits per heavy atom. The van der Waals surface area contributed by atoms with Crippen molar-refractivity contribution in [1.82, 2.24) is 4.98 Å². The highest BCUT2D eigenvalue weighted by Crippen LogP contribution is 2.26.